The van der Waals surface area contributed by atoms with Crippen LogP contribution in [0.1, 0.15) is 0 Å². The van der Waals surface area contributed by atoms with Crippen molar-refractivity contribution in [3.63, 3.8) is 0 Å². The lowest BCUT2D eigenvalue weighted by Crippen LogP contribution is -2.43. The first kappa shape index (κ1) is 9.98. The van der Waals surface area contributed by atoms with Crippen molar-refractivity contribution in [3.05, 3.63) is 24.3 Å². The normalized spacial score (nSPS) is 16.1. The molecule has 0 amide bonds. The van der Waals surface area contributed by atoms with E-state index in [1.54, 1.807) is 0 Å². The molecular formula is C11H14N2O2. The molecule has 1 fully saturated rings. The third-order valence-corrected chi connectivity index (χ3v) is 2.50. The summed E-state index contributed by atoms with van der Waals surface area (Å²) in [6.45, 7) is 4.30. The van der Waals surface area contributed by atoms with Crippen molar-refractivity contribution in [1.29, 1.82) is 0 Å². The molecule has 1 aliphatic rings. The Bertz CT molecular complexity index is 335. The van der Waals surface area contributed by atoms with Crippen LogP contribution in [-0.2, 0) is 4.79 Å². The van der Waals surface area contributed by atoms with E-state index in [1.807, 2.05) is 24.3 Å². The van der Waals surface area contributed by atoms with Crippen LogP contribution in [0.4, 0.5) is 5.69 Å². The third-order valence-electron chi connectivity index (χ3n) is 2.50. The average molecular weight is 206 g/mol. The van der Waals surface area contributed by atoms with Gasteiger partial charge in [0.15, 0.2) is 5.75 Å². The molecule has 1 saturated heterocycles. The molecule has 0 spiro atoms. The van der Waals surface area contributed by atoms with Crippen LogP contribution in [0.2, 0.25) is 0 Å². The molecule has 15 heavy (non-hydrogen) atoms. The Morgan fingerprint density at radius 2 is 2.00 bits per heavy atom. The number of benzene rings is 1. The molecule has 1 aromatic rings. The van der Waals surface area contributed by atoms with Gasteiger partial charge in [-0.15, -0.1) is 0 Å². The average Bonchev–Trinajstić information content (AvgIpc) is 2.31. The first-order valence-electron chi connectivity index (χ1n) is 5.07. The maximum atomic E-state index is 10.4. The monoisotopic (exact) mass is 206 g/mol. The molecule has 0 radical (unpaired) electrons. The number of carbonyl (C=O) groups is 1. The Balaban J connectivity index is 2.20. The second-order valence-corrected chi connectivity index (χ2v) is 3.42. The Labute approximate surface area is 88.8 Å². The van der Waals surface area contributed by atoms with E-state index in [1.165, 1.54) is 0 Å². The van der Waals surface area contributed by atoms with E-state index < -0.39 is 0 Å². The standard InChI is InChI=1S/C11H14N2O2/c14-9-15-11-4-2-1-3-10(11)13-7-5-12-6-8-13/h1-4,9,12H,5-8H2. The molecular weight excluding hydrogens is 192 g/mol. The molecule has 0 saturated carbocycles. The lowest BCUT2D eigenvalue weighted by Gasteiger charge is -2.30. The predicted molar refractivity (Wildman–Crippen MR) is 58.2 cm³/mol. The molecule has 0 unspecified atom stereocenters. The van der Waals surface area contributed by atoms with Gasteiger partial charge >= 0.3 is 0 Å². The number of nitrogens with one attached hydrogen (secondary N) is 1. The summed E-state index contributed by atoms with van der Waals surface area (Å²) in [5, 5.41) is 3.28. The molecule has 4 heteroatoms. The molecule has 0 aromatic heterocycles. The van der Waals surface area contributed by atoms with Crippen LogP contribution in [0.3, 0.4) is 0 Å². The Morgan fingerprint density at radius 3 is 2.73 bits per heavy atom. The van der Waals surface area contributed by atoms with Crippen LogP contribution in [0, 0.1) is 0 Å². The van der Waals surface area contributed by atoms with E-state index in [0.29, 0.717) is 12.2 Å². The fraction of sp³-hybridized carbons (Fsp3) is 0.364. The molecule has 4 nitrogen and oxygen atoms in total. The van der Waals surface area contributed by atoms with Gasteiger partial charge in [0.1, 0.15) is 0 Å². The Kier molecular flexibility index (Phi) is 3.19. The summed E-state index contributed by atoms with van der Waals surface area (Å²) in [4.78, 5) is 12.6. The fourth-order valence-electron chi connectivity index (χ4n) is 1.78. The Hall–Kier alpha value is -1.55. The summed E-state index contributed by atoms with van der Waals surface area (Å²) < 4.78 is 4.95. The van der Waals surface area contributed by atoms with E-state index in [9.17, 15) is 4.79 Å². The summed E-state index contributed by atoms with van der Waals surface area (Å²) >= 11 is 0. The van der Waals surface area contributed by atoms with Gasteiger partial charge in [-0.1, -0.05) is 12.1 Å². The predicted octanol–water partition coefficient (Wildman–Crippen LogP) is 0.631. The van der Waals surface area contributed by atoms with Crippen LogP contribution in [0.15, 0.2) is 24.3 Å². The summed E-state index contributed by atoms with van der Waals surface area (Å²) in [5.41, 5.74) is 0.992. The quantitative estimate of drug-likeness (QED) is 0.737. The van der Waals surface area contributed by atoms with Crippen LogP contribution in [-0.4, -0.2) is 32.7 Å². The lowest BCUT2D eigenvalue weighted by atomic mass is 10.2. The highest BCUT2D eigenvalue weighted by Crippen LogP contribution is 2.27. The largest absolute Gasteiger partial charge is 0.427 e. The van der Waals surface area contributed by atoms with Crippen LogP contribution in [0.25, 0.3) is 0 Å². The van der Waals surface area contributed by atoms with E-state index >= 15 is 0 Å². The van der Waals surface area contributed by atoms with Crippen molar-refractivity contribution >= 4 is 12.2 Å². The van der Waals surface area contributed by atoms with Gasteiger partial charge in [0.2, 0.25) is 0 Å². The van der Waals surface area contributed by atoms with Gasteiger partial charge in [-0.05, 0) is 12.1 Å². The minimum absolute atomic E-state index is 0.473. The number of nitrogens with zero attached hydrogens (tertiary/aromatic N) is 1. The van der Waals surface area contributed by atoms with Gasteiger partial charge in [-0.25, -0.2) is 0 Å². The molecule has 1 N–H and O–H groups in total. The maximum Gasteiger partial charge on any atom is 0.298 e. The number of carbonyl (C=O) groups excluding carboxylic acids is 1. The smallest absolute Gasteiger partial charge is 0.298 e. The van der Waals surface area contributed by atoms with Crippen molar-refractivity contribution in [2.45, 2.75) is 0 Å². The van der Waals surface area contributed by atoms with Crippen LogP contribution < -0.4 is 15.0 Å². The van der Waals surface area contributed by atoms with Gasteiger partial charge < -0.3 is 15.0 Å². The lowest BCUT2D eigenvalue weighted by molar-refractivity contribution is -0.120. The second-order valence-electron chi connectivity index (χ2n) is 3.42. The number of piperazine rings is 1. The van der Waals surface area contributed by atoms with E-state index in [2.05, 4.69) is 10.2 Å². The second kappa shape index (κ2) is 4.79. The number of hydrogen-bond acceptors (Lipinski definition) is 4. The highest BCUT2D eigenvalue weighted by molar-refractivity contribution is 5.62. The molecule has 2 rings (SSSR count). The molecule has 0 aliphatic carbocycles. The molecule has 0 bridgehead atoms. The zero-order valence-electron chi connectivity index (χ0n) is 8.48. The number of hydrogen-bond donors (Lipinski definition) is 1. The van der Waals surface area contributed by atoms with Crippen molar-refractivity contribution in [2.75, 3.05) is 31.1 Å². The fourth-order valence-corrected chi connectivity index (χ4v) is 1.78. The number of anilines is 1. The van der Waals surface area contributed by atoms with E-state index in [0.717, 1.165) is 31.9 Å². The number of ether oxygens (including phenoxy) is 1. The van der Waals surface area contributed by atoms with Gasteiger partial charge in [-0.3, -0.25) is 4.79 Å². The summed E-state index contributed by atoms with van der Waals surface area (Å²) in [6.07, 6.45) is 0. The van der Waals surface area contributed by atoms with Gasteiger partial charge in [0.25, 0.3) is 6.47 Å². The first-order valence-corrected chi connectivity index (χ1v) is 5.07. The highest BCUT2D eigenvalue weighted by Gasteiger charge is 2.14. The molecule has 1 aromatic carbocycles. The van der Waals surface area contributed by atoms with Gasteiger partial charge in [-0.2, -0.15) is 0 Å². The molecule has 80 valence electrons. The first-order chi connectivity index (χ1) is 7.42. The topological polar surface area (TPSA) is 41.6 Å². The maximum absolute atomic E-state index is 10.4. The zero-order valence-corrected chi connectivity index (χ0v) is 8.48. The third kappa shape index (κ3) is 2.27. The number of para-hydroxylation sites is 2. The summed E-state index contributed by atoms with van der Waals surface area (Å²) in [6, 6.07) is 7.61. The van der Waals surface area contributed by atoms with Crippen molar-refractivity contribution in [2.24, 2.45) is 0 Å². The van der Waals surface area contributed by atoms with Crippen molar-refractivity contribution in [1.82, 2.24) is 5.32 Å². The molecule has 1 heterocycles. The summed E-state index contributed by atoms with van der Waals surface area (Å²) in [5.74, 6) is 0.634. The van der Waals surface area contributed by atoms with Gasteiger partial charge in [0.05, 0.1) is 5.69 Å². The van der Waals surface area contributed by atoms with E-state index in [-0.39, 0.29) is 0 Å². The number of rotatable bonds is 3. The SMILES string of the molecule is O=COc1ccccc1N1CCNCC1. The van der Waals surface area contributed by atoms with Gasteiger partial charge in [0, 0.05) is 26.2 Å². The van der Waals surface area contributed by atoms with Crippen LogP contribution >= 0.6 is 0 Å². The van der Waals surface area contributed by atoms with Crippen molar-refractivity contribution < 1.29 is 9.53 Å². The van der Waals surface area contributed by atoms with E-state index in [4.69, 9.17) is 4.74 Å². The Morgan fingerprint density at radius 1 is 1.27 bits per heavy atom. The molecule has 0 atom stereocenters. The molecule has 1 aliphatic heterocycles. The minimum Gasteiger partial charge on any atom is -0.427 e. The zero-order chi connectivity index (χ0) is 10.5. The van der Waals surface area contributed by atoms with Crippen LogP contribution in [0.5, 0.6) is 5.75 Å². The highest BCUT2D eigenvalue weighted by atomic mass is 16.5. The minimum atomic E-state index is 0.473. The van der Waals surface area contributed by atoms with Crippen molar-refractivity contribution in [3.8, 4) is 5.75 Å². The summed E-state index contributed by atoms with van der Waals surface area (Å²) in [7, 11) is 0.